The van der Waals surface area contributed by atoms with Gasteiger partial charge in [-0.05, 0) is 26.2 Å². The number of rotatable bonds is 5. The molecule has 0 fully saturated rings. The van der Waals surface area contributed by atoms with Crippen molar-refractivity contribution in [2.24, 2.45) is 0 Å². The standard InChI is InChI=1S/C16H20N2O2/c1-17-15(14(19)13-7-5-4-6-8-13)9-11-16(18-2,20-3)12-10-15/h4-12,17-18H,1-3H3. The van der Waals surface area contributed by atoms with Crippen LogP contribution in [0.4, 0.5) is 0 Å². The minimum Gasteiger partial charge on any atom is -0.357 e. The van der Waals surface area contributed by atoms with E-state index in [9.17, 15) is 4.79 Å². The van der Waals surface area contributed by atoms with E-state index in [2.05, 4.69) is 10.6 Å². The number of hydrogen-bond acceptors (Lipinski definition) is 4. The molecule has 2 rings (SSSR count). The third kappa shape index (κ3) is 2.45. The Morgan fingerprint density at radius 1 is 1.00 bits per heavy atom. The van der Waals surface area contributed by atoms with E-state index in [1.807, 2.05) is 61.7 Å². The van der Waals surface area contributed by atoms with E-state index in [0.717, 1.165) is 0 Å². The number of ether oxygens (including phenoxy) is 1. The van der Waals surface area contributed by atoms with Crippen molar-refractivity contribution >= 4 is 5.78 Å². The van der Waals surface area contributed by atoms with Gasteiger partial charge in [-0.25, -0.2) is 0 Å². The first-order valence-electron chi connectivity index (χ1n) is 6.55. The van der Waals surface area contributed by atoms with Crippen molar-refractivity contribution in [1.29, 1.82) is 0 Å². The topological polar surface area (TPSA) is 50.4 Å². The molecule has 0 bridgehead atoms. The number of carbonyl (C=O) groups is 1. The van der Waals surface area contributed by atoms with Crippen molar-refractivity contribution in [2.45, 2.75) is 11.3 Å². The van der Waals surface area contributed by atoms with Gasteiger partial charge in [-0.2, -0.15) is 0 Å². The van der Waals surface area contributed by atoms with Crippen molar-refractivity contribution < 1.29 is 9.53 Å². The Labute approximate surface area is 119 Å². The molecular weight excluding hydrogens is 252 g/mol. The number of benzene rings is 1. The number of ketones is 1. The second-order valence-corrected chi connectivity index (χ2v) is 4.73. The summed E-state index contributed by atoms with van der Waals surface area (Å²) in [5.74, 6) is 0.00825. The van der Waals surface area contributed by atoms with Crippen LogP contribution in [0.3, 0.4) is 0 Å². The fourth-order valence-electron chi connectivity index (χ4n) is 2.29. The molecule has 20 heavy (non-hydrogen) atoms. The first kappa shape index (κ1) is 14.7. The van der Waals surface area contributed by atoms with E-state index in [4.69, 9.17) is 4.74 Å². The fourth-order valence-corrected chi connectivity index (χ4v) is 2.29. The lowest BCUT2D eigenvalue weighted by atomic mass is 9.84. The number of Topliss-reactive ketones (excluding diaryl/α,β-unsaturated/α-hetero) is 1. The molecule has 2 N–H and O–H groups in total. The number of hydrogen-bond donors (Lipinski definition) is 2. The van der Waals surface area contributed by atoms with E-state index in [0.29, 0.717) is 5.56 Å². The lowest BCUT2D eigenvalue weighted by Gasteiger charge is -2.34. The van der Waals surface area contributed by atoms with Crippen molar-refractivity contribution in [2.75, 3.05) is 21.2 Å². The fraction of sp³-hybridized carbons (Fsp3) is 0.312. The van der Waals surface area contributed by atoms with Crippen molar-refractivity contribution in [1.82, 2.24) is 10.6 Å². The molecule has 106 valence electrons. The Balaban J connectivity index is 2.34. The molecule has 0 saturated carbocycles. The van der Waals surface area contributed by atoms with Crippen LogP contribution in [0.2, 0.25) is 0 Å². The summed E-state index contributed by atoms with van der Waals surface area (Å²) >= 11 is 0. The van der Waals surface area contributed by atoms with Crippen LogP contribution in [-0.2, 0) is 4.74 Å². The monoisotopic (exact) mass is 272 g/mol. The van der Waals surface area contributed by atoms with Gasteiger partial charge in [-0.3, -0.25) is 10.1 Å². The summed E-state index contributed by atoms with van der Waals surface area (Å²) in [7, 11) is 5.20. The largest absolute Gasteiger partial charge is 0.357 e. The summed E-state index contributed by atoms with van der Waals surface area (Å²) in [5, 5.41) is 6.17. The van der Waals surface area contributed by atoms with E-state index < -0.39 is 11.3 Å². The molecule has 0 atom stereocenters. The summed E-state index contributed by atoms with van der Waals surface area (Å²) in [4.78, 5) is 12.7. The molecular formula is C16H20N2O2. The van der Waals surface area contributed by atoms with Crippen LogP contribution in [0.25, 0.3) is 0 Å². The molecule has 4 heteroatoms. The molecule has 1 aromatic rings. The predicted octanol–water partition coefficient (Wildman–Crippen LogP) is 1.52. The zero-order valence-corrected chi connectivity index (χ0v) is 12.0. The van der Waals surface area contributed by atoms with E-state index in [-0.39, 0.29) is 5.78 Å². The average Bonchev–Trinajstić information content (AvgIpc) is 2.55. The SMILES string of the molecule is CNC1(OC)C=CC(NC)(C(=O)c2ccccc2)C=C1. The van der Waals surface area contributed by atoms with Crippen LogP contribution in [0.15, 0.2) is 54.6 Å². The average molecular weight is 272 g/mol. The van der Waals surface area contributed by atoms with E-state index >= 15 is 0 Å². The van der Waals surface area contributed by atoms with Gasteiger partial charge >= 0.3 is 0 Å². The molecule has 4 nitrogen and oxygen atoms in total. The Morgan fingerprint density at radius 3 is 2.05 bits per heavy atom. The van der Waals surface area contributed by atoms with Crippen LogP contribution in [-0.4, -0.2) is 38.3 Å². The Morgan fingerprint density at radius 2 is 1.60 bits per heavy atom. The maximum absolute atomic E-state index is 12.7. The molecule has 0 radical (unpaired) electrons. The summed E-state index contributed by atoms with van der Waals surface area (Å²) in [5.41, 5.74) is -0.817. The van der Waals surface area contributed by atoms with Crippen molar-refractivity contribution in [3.63, 3.8) is 0 Å². The molecule has 1 aromatic carbocycles. The highest BCUT2D eigenvalue weighted by Crippen LogP contribution is 2.25. The van der Waals surface area contributed by atoms with Gasteiger partial charge in [0.15, 0.2) is 11.5 Å². The van der Waals surface area contributed by atoms with Crippen LogP contribution in [0.1, 0.15) is 10.4 Å². The van der Waals surface area contributed by atoms with Gasteiger partial charge in [0, 0.05) is 12.7 Å². The van der Waals surface area contributed by atoms with Crippen LogP contribution < -0.4 is 10.6 Å². The molecule has 0 spiro atoms. The highest BCUT2D eigenvalue weighted by molar-refractivity contribution is 6.06. The van der Waals surface area contributed by atoms with Crippen LogP contribution >= 0.6 is 0 Å². The maximum atomic E-state index is 12.7. The lowest BCUT2D eigenvalue weighted by molar-refractivity contribution is 0.0482. The maximum Gasteiger partial charge on any atom is 0.190 e. The molecule has 0 aliphatic heterocycles. The molecule has 1 aliphatic carbocycles. The Bertz CT molecular complexity index is 515. The van der Waals surface area contributed by atoms with Gasteiger partial charge in [-0.1, -0.05) is 42.5 Å². The number of carbonyl (C=O) groups excluding carboxylic acids is 1. The predicted molar refractivity (Wildman–Crippen MR) is 79.6 cm³/mol. The van der Waals surface area contributed by atoms with E-state index in [1.165, 1.54) is 0 Å². The van der Waals surface area contributed by atoms with Crippen LogP contribution in [0, 0.1) is 0 Å². The number of nitrogens with one attached hydrogen (secondary N) is 2. The molecule has 1 aliphatic rings. The Hall–Kier alpha value is -1.75. The van der Waals surface area contributed by atoms with E-state index in [1.54, 1.807) is 14.2 Å². The normalized spacial score (nSPS) is 28.6. The quantitative estimate of drug-likeness (QED) is 0.485. The molecule has 0 saturated heterocycles. The zero-order chi connectivity index (χ0) is 14.6. The van der Waals surface area contributed by atoms with Crippen LogP contribution in [0.5, 0.6) is 0 Å². The first-order chi connectivity index (χ1) is 9.61. The molecule has 0 unspecified atom stereocenters. The highest BCUT2D eigenvalue weighted by Gasteiger charge is 2.37. The third-order valence-corrected chi connectivity index (χ3v) is 3.74. The second-order valence-electron chi connectivity index (χ2n) is 4.73. The summed E-state index contributed by atoms with van der Waals surface area (Å²) in [6, 6.07) is 9.25. The van der Waals surface area contributed by atoms with Gasteiger partial charge in [0.05, 0.1) is 0 Å². The van der Waals surface area contributed by atoms with Gasteiger partial charge < -0.3 is 10.1 Å². The minimum atomic E-state index is -0.833. The number of likely N-dealkylation sites (N-methyl/N-ethyl adjacent to an activating group) is 2. The summed E-state index contributed by atoms with van der Waals surface area (Å²) in [6.45, 7) is 0. The van der Waals surface area contributed by atoms with Crippen molar-refractivity contribution in [3.8, 4) is 0 Å². The zero-order valence-electron chi connectivity index (χ0n) is 12.0. The van der Waals surface area contributed by atoms with Gasteiger partial charge in [0.2, 0.25) is 0 Å². The molecule has 0 amide bonds. The summed E-state index contributed by atoms with van der Waals surface area (Å²) < 4.78 is 5.43. The van der Waals surface area contributed by atoms with Gasteiger partial charge in [0.1, 0.15) is 5.54 Å². The highest BCUT2D eigenvalue weighted by atomic mass is 16.5. The number of methoxy groups -OCH3 is 1. The van der Waals surface area contributed by atoms with Gasteiger partial charge in [0.25, 0.3) is 0 Å². The minimum absolute atomic E-state index is 0.00825. The molecule has 0 heterocycles. The van der Waals surface area contributed by atoms with Gasteiger partial charge in [-0.15, -0.1) is 0 Å². The second kappa shape index (κ2) is 5.71. The smallest absolute Gasteiger partial charge is 0.190 e. The molecule has 0 aromatic heterocycles. The summed E-state index contributed by atoms with van der Waals surface area (Å²) in [6.07, 6.45) is 7.37. The van der Waals surface area contributed by atoms with Crippen molar-refractivity contribution in [3.05, 3.63) is 60.2 Å². The Kier molecular flexibility index (Phi) is 4.18. The first-order valence-corrected chi connectivity index (χ1v) is 6.55. The third-order valence-electron chi connectivity index (χ3n) is 3.74. The lowest BCUT2D eigenvalue weighted by Crippen LogP contribution is -2.52.